The van der Waals surface area contributed by atoms with Gasteiger partial charge in [-0.25, -0.2) is 8.42 Å². The van der Waals surface area contributed by atoms with Crippen LogP contribution in [0.5, 0.6) is 0 Å². The number of sulfonamides is 1. The average Bonchev–Trinajstić information content (AvgIpc) is 3.20. The summed E-state index contributed by atoms with van der Waals surface area (Å²) in [6.07, 6.45) is 1.53. The molecule has 0 aliphatic carbocycles. The van der Waals surface area contributed by atoms with Gasteiger partial charge in [-0.3, -0.25) is 0 Å². The van der Waals surface area contributed by atoms with Crippen LogP contribution in [0.4, 0.5) is 0 Å². The second-order valence-electron chi connectivity index (χ2n) is 7.38. The summed E-state index contributed by atoms with van der Waals surface area (Å²) in [6.45, 7) is 4.69. The molecule has 0 bridgehead atoms. The van der Waals surface area contributed by atoms with Crippen LogP contribution in [-0.2, 0) is 10.0 Å². The van der Waals surface area contributed by atoms with Crippen molar-refractivity contribution in [2.45, 2.75) is 37.5 Å². The van der Waals surface area contributed by atoms with Crippen molar-refractivity contribution in [1.82, 2.24) is 14.4 Å². The summed E-state index contributed by atoms with van der Waals surface area (Å²) in [5.41, 5.74) is 2.72. The second-order valence-corrected chi connectivity index (χ2v) is 9.73. The number of rotatable bonds is 4. The number of aryl methyl sites for hydroxylation is 2. The van der Waals surface area contributed by atoms with E-state index in [0.29, 0.717) is 40.3 Å². The van der Waals surface area contributed by atoms with E-state index in [0.717, 1.165) is 24.0 Å². The molecule has 3 aromatic rings. The highest BCUT2D eigenvalue weighted by Crippen LogP contribution is 2.32. The highest BCUT2D eigenvalue weighted by atomic mass is 35.5. The number of hydrogen-bond donors (Lipinski definition) is 0. The number of benzene rings is 2. The fourth-order valence-electron chi connectivity index (χ4n) is 3.54. The van der Waals surface area contributed by atoms with E-state index < -0.39 is 10.0 Å². The van der Waals surface area contributed by atoms with E-state index in [9.17, 15) is 8.42 Å². The van der Waals surface area contributed by atoms with Crippen molar-refractivity contribution >= 4 is 21.6 Å². The lowest BCUT2D eigenvalue weighted by Gasteiger charge is -2.30. The van der Waals surface area contributed by atoms with Crippen molar-refractivity contribution in [3.8, 4) is 11.4 Å². The maximum Gasteiger partial charge on any atom is 0.243 e. The molecule has 8 heteroatoms. The first-order valence-corrected chi connectivity index (χ1v) is 11.3. The van der Waals surface area contributed by atoms with Crippen LogP contribution in [0.25, 0.3) is 11.4 Å². The highest BCUT2D eigenvalue weighted by Gasteiger charge is 2.33. The largest absolute Gasteiger partial charge is 0.339 e. The van der Waals surface area contributed by atoms with Gasteiger partial charge in [-0.15, -0.1) is 0 Å². The number of halogens is 1. The maximum absolute atomic E-state index is 13.1. The van der Waals surface area contributed by atoms with E-state index in [1.165, 1.54) is 4.31 Å². The summed E-state index contributed by atoms with van der Waals surface area (Å²) in [7, 11) is -3.57. The molecule has 152 valence electrons. The molecule has 6 nitrogen and oxygen atoms in total. The predicted octanol–water partition coefficient (Wildman–Crippen LogP) is 4.58. The zero-order valence-electron chi connectivity index (χ0n) is 16.3. The summed E-state index contributed by atoms with van der Waals surface area (Å²) in [5.74, 6) is 0.716. The molecular weight excluding hydrogens is 410 g/mol. The second kappa shape index (κ2) is 7.89. The monoisotopic (exact) mass is 431 g/mol. The number of hydrogen-bond acceptors (Lipinski definition) is 5. The molecule has 29 heavy (non-hydrogen) atoms. The van der Waals surface area contributed by atoms with E-state index in [1.54, 1.807) is 18.2 Å². The van der Waals surface area contributed by atoms with Gasteiger partial charge in [-0.2, -0.15) is 9.29 Å². The van der Waals surface area contributed by atoms with Gasteiger partial charge in [0.2, 0.25) is 21.7 Å². The third-order valence-electron chi connectivity index (χ3n) is 5.41. The molecule has 0 radical (unpaired) electrons. The van der Waals surface area contributed by atoms with Gasteiger partial charge in [0.25, 0.3) is 0 Å². The van der Waals surface area contributed by atoms with E-state index in [2.05, 4.69) is 10.1 Å². The summed E-state index contributed by atoms with van der Waals surface area (Å²) in [4.78, 5) is 4.82. The zero-order valence-corrected chi connectivity index (χ0v) is 17.9. The molecule has 0 saturated carbocycles. The van der Waals surface area contributed by atoms with Gasteiger partial charge in [-0.05, 0) is 62.1 Å². The van der Waals surface area contributed by atoms with Crippen molar-refractivity contribution in [2.75, 3.05) is 13.1 Å². The lowest BCUT2D eigenvalue weighted by atomic mass is 10.00. The van der Waals surface area contributed by atoms with Gasteiger partial charge in [0.1, 0.15) is 0 Å². The van der Waals surface area contributed by atoms with Crippen LogP contribution in [0, 0.1) is 13.8 Å². The first-order valence-electron chi connectivity index (χ1n) is 9.52. The molecule has 0 amide bonds. The van der Waals surface area contributed by atoms with E-state index in [-0.39, 0.29) is 5.92 Å². The quantitative estimate of drug-likeness (QED) is 0.604. The molecule has 1 unspecified atom stereocenters. The fraction of sp³-hybridized carbons (Fsp3) is 0.333. The summed E-state index contributed by atoms with van der Waals surface area (Å²) in [5, 5.41) is 4.59. The van der Waals surface area contributed by atoms with Crippen molar-refractivity contribution in [1.29, 1.82) is 0 Å². The Balaban J connectivity index is 1.57. The molecular formula is C21H22ClN3O3S. The molecule has 1 aliphatic heterocycles. The van der Waals surface area contributed by atoms with E-state index >= 15 is 0 Å². The van der Waals surface area contributed by atoms with Crippen molar-refractivity contribution < 1.29 is 12.9 Å². The Morgan fingerprint density at radius 1 is 1.14 bits per heavy atom. The molecule has 1 saturated heterocycles. The Hall–Kier alpha value is -2.22. The van der Waals surface area contributed by atoms with Crippen LogP contribution in [0.2, 0.25) is 5.02 Å². The smallest absolute Gasteiger partial charge is 0.243 e. The molecule has 2 aromatic carbocycles. The summed E-state index contributed by atoms with van der Waals surface area (Å²) in [6, 6.07) is 12.5. The SMILES string of the molecule is Cc1ccc(S(=O)(=O)N2CCCC(c3nc(-c4ccccc4Cl)no3)C2)cc1C. The van der Waals surface area contributed by atoms with E-state index in [4.69, 9.17) is 16.1 Å². The third-order valence-corrected chi connectivity index (χ3v) is 7.60. The summed E-state index contributed by atoms with van der Waals surface area (Å²) < 4.78 is 33.3. The minimum Gasteiger partial charge on any atom is -0.339 e. The fourth-order valence-corrected chi connectivity index (χ4v) is 5.37. The minimum absolute atomic E-state index is 0.145. The Morgan fingerprint density at radius 2 is 1.93 bits per heavy atom. The van der Waals surface area contributed by atoms with Crippen molar-refractivity contribution in [2.24, 2.45) is 0 Å². The van der Waals surface area contributed by atoms with Crippen LogP contribution in [0.1, 0.15) is 35.8 Å². The molecule has 1 aromatic heterocycles. The number of piperidine rings is 1. The van der Waals surface area contributed by atoms with Crippen LogP contribution >= 0.6 is 11.6 Å². The Kier molecular flexibility index (Phi) is 5.46. The molecule has 0 spiro atoms. The minimum atomic E-state index is -3.57. The first kappa shape index (κ1) is 20.1. The number of aromatic nitrogens is 2. The molecule has 1 atom stereocenters. The van der Waals surface area contributed by atoms with Crippen LogP contribution in [0.15, 0.2) is 51.9 Å². The van der Waals surface area contributed by atoms with Crippen molar-refractivity contribution in [3.05, 3.63) is 64.5 Å². The molecule has 1 aliphatic rings. The first-order chi connectivity index (χ1) is 13.9. The lowest BCUT2D eigenvalue weighted by molar-refractivity contribution is 0.265. The molecule has 1 fully saturated rings. The van der Waals surface area contributed by atoms with Crippen LogP contribution < -0.4 is 0 Å². The zero-order chi connectivity index (χ0) is 20.6. The van der Waals surface area contributed by atoms with Crippen LogP contribution in [0.3, 0.4) is 0 Å². The van der Waals surface area contributed by atoms with Crippen LogP contribution in [-0.4, -0.2) is 36.0 Å². The average molecular weight is 432 g/mol. The standard InChI is InChI=1S/C21H22ClN3O3S/c1-14-9-10-17(12-15(14)2)29(26,27)25-11-5-6-16(13-25)21-23-20(24-28-21)18-7-3-4-8-19(18)22/h3-4,7-10,12,16H,5-6,11,13H2,1-2H3. The third kappa shape index (κ3) is 3.95. The van der Waals surface area contributed by atoms with Gasteiger partial charge in [-0.1, -0.05) is 35.0 Å². The predicted molar refractivity (Wildman–Crippen MR) is 111 cm³/mol. The molecule has 0 N–H and O–H groups in total. The Bertz CT molecular complexity index is 1140. The molecule has 2 heterocycles. The Labute approximate surface area is 175 Å². The maximum atomic E-state index is 13.1. The van der Waals surface area contributed by atoms with Crippen molar-refractivity contribution in [3.63, 3.8) is 0 Å². The van der Waals surface area contributed by atoms with Gasteiger partial charge < -0.3 is 4.52 Å². The van der Waals surface area contributed by atoms with Gasteiger partial charge in [0.15, 0.2) is 0 Å². The molecule has 4 rings (SSSR count). The van der Waals surface area contributed by atoms with Gasteiger partial charge >= 0.3 is 0 Å². The highest BCUT2D eigenvalue weighted by molar-refractivity contribution is 7.89. The Morgan fingerprint density at radius 3 is 2.69 bits per heavy atom. The normalized spacial score (nSPS) is 18.1. The summed E-state index contributed by atoms with van der Waals surface area (Å²) >= 11 is 6.22. The lowest BCUT2D eigenvalue weighted by Crippen LogP contribution is -2.39. The van der Waals surface area contributed by atoms with Gasteiger partial charge in [0.05, 0.1) is 15.8 Å². The topological polar surface area (TPSA) is 76.3 Å². The number of nitrogens with zero attached hydrogens (tertiary/aromatic N) is 3. The van der Waals surface area contributed by atoms with E-state index in [1.807, 2.05) is 38.1 Å². The van der Waals surface area contributed by atoms with Gasteiger partial charge in [0, 0.05) is 18.7 Å².